The van der Waals surface area contributed by atoms with Gasteiger partial charge in [-0.2, -0.15) is 0 Å². The Morgan fingerprint density at radius 3 is 2.48 bits per heavy atom. The molecular weight excluding hydrogens is 356 g/mol. The molecule has 1 amide bonds. The van der Waals surface area contributed by atoms with E-state index in [0.717, 1.165) is 22.4 Å². The van der Waals surface area contributed by atoms with Crippen molar-refractivity contribution in [2.24, 2.45) is 0 Å². The van der Waals surface area contributed by atoms with E-state index in [0.29, 0.717) is 11.6 Å². The minimum atomic E-state index is -0.230. The van der Waals surface area contributed by atoms with Gasteiger partial charge in [-0.25, -0.2) is 0 Å². The zero-order valence-electron chi connectivity index (χ0n) is 15.4. The number of nitrogens with one attached hydrogen (secondary N) is 1. The molecule has 1 aliphatic heterocycles. The SMILES string of the molecule is Cc1ccc(N[C@@H]2c3ccccc3C(=O)N2Cc2ccccc2Cl)cc1C. The van der Waals surface area contributed by atoms with Crippen molar-refractivity contribution >= 4 is 23.2 Å². The van der Waals surface area contributed by atoms with Crippen LogP contribution in [-0.4, -0.2) is 10.8 Å². The Morgan fingerprint density at radius 2 is 1.70 bits per heavy atom. The maximum Gasteiger partial charge on any atom is 0.256 e. The molecule has 27 heavy (non-hydrogen) atoms. The largest absolute Gasteiger partial charge is 0.361 e. The van der Waals surface area contributed by atoms with E-state index in [-0.39, 0.29) is 12.1 Å². The minimum absolute atomic E-state index is 0.0202. The van der Waals surface area contributed by atoms with Gasteiger partial charge >= 0.3 is 0 Å². The summed E-state index contributed by atoms with van der Waals surface area (Å²) in [6.45, 7) is 4.64. The highest BCUT2D eigenvalue weighted by atomic mass is 35.5. The Morgan fingerprint density at radius 1 is 0.963 bits per heavy atom. The first-order chi connectivity index (χ1) is 13.0. The first kappa shape index (κ1) is 17.6. The van der Waals surface area contributed by atoms with Gasteiger partial charge in [0, 0.05) is 28.4 Å². The molecule has 0 fully saturated rings. The molecule has 0 unspecified atom stereocenters. The number of hydrogen-bond donors (Lipinski definition) is 1. The third-order valence-electron chi connectivity index (χ3n) is 5.17. The van der Waals surface area contributed by atoms with E-state index in [9.17, 15) is 4.79 Å². The predicted octanol–water partition coefficient (Wildman–Crippen LogP) is 5.72. The molecule has 0 saturated heterocycles. The molecule has 1 atom stereocenters. The fraction of sp³-hybridized carbons (Fsp3) is 0.174. The molecule has 0 bridgehead atoms. The molecule has 1 heterocycles. The molecule has 3 aromatic carbocycles. The number of benzene rings is 3. The standard InChI is InChI=1S/C23H21ClN2O/c1-15-11-12-18(13-16(15)2)25-22-19-8-4-5-9-20(19)23(27)26(22)14-17-7-3-6-10-21(17)24/h3-13,22,25H,14H2,1-2H3/t22-/m0/s1. The quantitative estimate of drug-likeness (QED) is 0.631. The number of carbonyl (C=O) groups excluding carboxylic acids is 1. The molecular formula is C23H21ClN2O. The highest BCUT2D eigenvalue weighted by molar-refractivity contribution is 6.31. The van der Waals surface area contributed by atoms with Crippen LogP contribution >= 0.6 is 11.6 Å². The fourth-order valence-corrected chi connectivity index (χ4v) is 3.68. The van der Waals surface area contributed by atoms with E-state index >= 15 is 0 Å². The van der Waals surface area contributed by atoms with Crippen molar-refractivity contribution < 1.29 is 4.79 Å². The van der Waals surface area contributed by atoms with Crippen LogP contribution in [0.5, 0.6) is 0 Å². The van der Waals surface area contributed by atoms with Gasteiger partial charge in [0.25, 0.3) is 5.91 Å². The van der Waals surface area contributed by atoms with Crippen LogP contribution in [0.15, 0.2) is 66.7 Å². The molecule has 4 heteroatoms. The zero-order chi connectivity index (χ0) is 19.0. The second kappa shape index (κ2) is 7.09. The van der Waals surface area contributed by atoms with Crippen LogP contribution in [0, 0.1) is 13.8 Å². The second-order valence-electron chi connectivity index (χ2n) is 6.96. The van der Waals surface area contributed by atoms with E-state index in [4.69, 9.17) is 11.6 Å². The number of anilines is 1. The monoisotopic (exact) mass is 376 g/mol. The number of rotatable bonds is 4. The van der Waals surface area contributed by atoms with Crippen LogP contribution in [0.1, 0.15) is 38.8 Å². The lowest BCUT2D eigenvalue weighted by molar-refractivity contribution is 0.0729. The number of carbonyl (C=O) groups is 1. The van der Waals surface area contributed by atoms with E-state index in [1.54, 1.807) is 0 Å². The average Bonchev–Trinajstić information content (AvgIpc) is 2.92. The van der Waals surface area contributed by atoms with Crippen molar-refractivity contribution in [2.45, 2.75) is 26.6 Å². The number of hydrogen-bond acceptors (Lipinski definition) is 2. The van der Waals surface area contributed by atoms with Crippen LogP contribution in [0.25, 0.3) is 0 Å². The number of nitrogens with zero attached hydrogens (tertiary/aromatic N) is 1. The number of amides is 1. The lowest BCUT2D eigenvalue weighted by atomic mass is 10.1. The van der Waals surface area contributed by atoms with Gasteiger partial charge in [0.1, 0.15) is 6.17 Å². The van der Waals surface area contributed by atoms with Crippen LogP contribution in [0.2, 0.25) is 5.02 Å². The Hall–Kier alpha value is -2.78. The summed E-state index contributed by atoms with van der Waals surface area (Å²) in [6.07, 6.45) is -0.230. The highest BCUT2D eigenvalue weighted by Gasteiger charge is 2.36. The van der Waals surface area contributed by atoms with Gasteiger partial charge in [0.2, 0.25) is 0 Å². The molecule has 1 aliphatic rings. The first-order valence-electron chi connectivity index (χ1n) is 9.01. The first-order valence-corrected chi connectivity index (χ1v) is 9.39. The van der Waals surface area contributed by atoms with Gasteiger partial charge in [-0.3, -0.25) is 4.79 Å². The maximum atomic E-state index is 13.1. The van der Waals surface area contributed by atoms with E-state index in [1.165, 1.54) is 11.1 Å². The minimum Gasteiger partial charge on any atom is -0.361 e. The highest BCUT2D eigenvalue weighted by Crippen LogP contribution is 2.36. The summed E-state index contributed by atoms with van der Waals surface area (Å²) in [6, 6.07) is 21.7. The summed E-state index contributed by atoms with van der Waals surface area (Å²) in [5, 5.41) is 4.22. The number of aryl methyl sites for hydroxylation is 2. The van der Waals surface area contributed by atoms with Crippen LogP contribution in [0.4, 0.5) is 5.69 Å². The average molecular weight is 377 g/mol. The normalized spacial score (nSPS) is 15.7. The smallest absolute Gasteiger partial charge is 0.256 e. The van der Waals surface area contributed by atoms with E-state index in [1.807, 2.05) is 53.4 Å². The van der Waals surface area contributed by atoms with Crippen molar-refractivity contribution in [2.75, 3.05) is 5.32 Å². The molecule has 0 spiro atoms. The van der Waals surface area contributed by atoms with Crippen molar-refractivity contribution in [3.63, 3.8) is 0 Å². The lowest BCUT2D eigenvalue weighted by Crippen LogP contribution is -2.32. The van der Waals surface area contributed by atoms with Crippen LogP contribution in [0.3, 0.4) is 0 Å². The maximum absolute atomic E-state index is 13.1. The molecule has 0 aromatic heterocycles. The van der Waals surface area contributed by atoms with Gasteiger partial charge < -0.3 is 10.2 Å². The van der Waals surface area contributed by atoms with Gasteiger partial charge in [-0.05, 0) is 54.8 Å². The Labute approximate surface area is 164 Å². The fourth-order valence-electron chi connectivity index (χ4n) is 3.49. The molecule has 0 radical (unpaired) electrons. The van der Waals surface area contributed by atoms with Gasteiger partial charge in [-0.1, -0.05) is 54.1 Å². The Bertz CT molecular complexity index is 1010. The summed E-state index contributed by atoms with van der Waals surface area (Å²) in [5.41, 5.74) is 6.13. The topological polar surface area (TPSA) is 32.3 Å². The third kappa shape index (κ3) is 3.31. The zero-order valence-corrected chi connectivity index (χ0v) is 16.1. The summed E-state index contributed by atoms with van der Waals surface area (Å²) in [4.78, 5) is 14.9. The van der Waals surface area contributed by atoms with Gasteiger partial charge in [-0.15, -0.1) is 0 Å². The predicted molar refractivity (Wildman–Crippen MR) is 110 cm³/mol. The summed E-state index contributed by atoms with van der Waals surface area (Å²) >= 11 is 6.35. The molecule has 3 nitrogen and oxygen atoms in total. The van der Waals surface area contributed by atoms with Crippen molar-refractivity contribution in [3.05, 3.63) is 99.6 Å². The van der Waals surface area contributed by atoms with Crippen LogP contribution in [-0.2, 0) is 6.54 Å². The number of fused-ring (bicyclic) bond motifs is 1. The van der Waals surface area contributed by atoms with Gasteiger partial charge in [0.15, 0.2) is 0 Å². The van der Waals surface area contributed by atoms with Crippen molar-refractivity contribution in [1.82, 2.24) is 4.90 Å². The Kier molecular flexibility index (Phi) is 4.63. The van der Waals surface area contributed by atoms with E-state index < -0.39 is 0 Å². The van der Waals surface area contributed by atoms with Crippen molar-refractivity contribution in [1.29, 1.82) is 0 Å². The van der Waals surface area contributed by atoms with Gasteiger partial charge in [0.05, 0.1) is 0 Å². The van der Waals surface area contributed by atoms with Crippen molar-refractivity contribution in [3.8, 4) is 0 Å². The van der Waals surface area contributed by atoms with E-state index in [2.05, 4.69) is 37.4 Å². The Balaban J connectivity index is 1.71. The molecule has 3 aromatic rings. The molecule has 0 aliphatic carbocycles. The molecule has 136 valence electrons. The number of halogens is 1. The summed E-state index contributed by atoms with van der Waals surface area (Å²) in [5.74, 6) is 0.0202. The third-order valence-corrected chi connectivity index (χ3v) is 5.54. The molecule has 4 rings (SSSR count). The summed E-state index contributed by atoms with van der Waals surface area (Å²) < 4.78 is 0. The molecule has 1 N–H and O–H groups in total. The summed E-state index contributed by atoms with van der Waals surface area (Å²) in [7, 11) is 0. The van der Waals surface area contributed by atoms with Crippen LogP contribution < -0.4 is 5.32 Å². The molecule has 0 saturated carbocycles. The lowest BCUT2D eigenvalue weighted by Gasteiger charge is -2.28. The second-order valence-corrected chi connectivity index (χ2v) is 7.36.